The molecular formula is C20H23N3O6S2. The molecule has 2 fully saturated rings. The third-order valence-corrected chi connectivity index (χ3v) is 6.30. The molecule has 2 heterocycles. The number of thioether (sulfide) groups is 2. The molecule has 0 aliphatic carbocycles. The summed E-state index contributed by atoms with van der Waals surface area (Å²) in [6, 6.07) is 5.26. The average Bonchev–Trinajstić information content (AvgIpc) is 3.26. The molecule has 0 radical (unpaired) electrons. The summed E-state index contributed by atoms with van der Waals surface area (Å²) in [4.78, 5) is 51.3. The second-order valence-electron chi connectivity index (χ2n) is 6.56. The van der Waals surface area contributed by atoms with E-state index in [1.165, 1.54) is 23.8 Å². The van der Waals surface area contributed by atoms with Gasteiger partial charge in [0.2, 0.25) is 5.91 Å². The largest absolute Gasteiger partial charge is 0.493 e. The number of benzene rings is 1. The second kappa shape index (κ2) is 10.6. The predicted octanol–water partition coefficient (Wildman–Crippen LogP) is 2.42. The SMILES string of the molecule is CCOc1ccc(/C=C2\SC(=O)N(CCNC(=O)CN3CCSC3=O)C2=O)cc1OC. The Labute approximate surface area is 188 Å². The van der Waals surface area contributed by atoms with Gasteiger partial charge in [-0.1, -0.05) is 17.8 Å². The van der Waals surface area contributed by atoms with Crippen LogP contribution in [0.1, 0.15) is 12.5 Å². The minimum Gasteiger partial charge on any atom is -0.493 e. The standard InChI is InChI=1S/C20H23N3O6S2/c1-3-29-14-5-4-13(10-15(14)28-2)11-16-18(25)23(20(27)31-16)7-6-21-17(24)12-22-8-9-30-19(22)26/h4-5,10-11H,3,6-9,12H2,1-2H3,(H,21,24)/b16-11-. The van der Waals surface area contributed by atoms with Gasteiger partial charge >= 0.3 is 0 Å². The zero-order chi connectivity index (χ0) is 22.4. The fraction of sp³-hybridized carbons (Fsp3) is 0.400. The van der Waals surface area contributed by atoms with E-state index in [4.69, 9.17) is 9.47 Å². The van der Waals surface area contributed by atoms with Crippen LogP contribution in [0.3, 0.4) is 0 Å². The monoisotopic (exact) mass is 465 g/mol. The number of carbonyl (C=O) groups is 4. The lowest BCUT2D eigenvalue weighted by molar-refractivity contribution is -0.124. The smallest absolute Gasteiger partial charge is 0.293 e. The third kappa shape index (κ3) is 5.73. The van der Waals surface area contributed by atoms with E-state index in [2.05, 4.69) is 5.32 Å². The van der Waals surface area contributed by atoms with Crippen molar-refractivity contribution < 1.29 is 28.7 Å². The summed E-state index contributed by atoms with van der Waals surface area (Å²) >= 11 is 2.03. The molecule has 4 amide bonds. The summed E-state index contributed by atoms with van der Waals surface area (Å²) in [5.74, 6) is 1.07. The number of amides is 4. The van der Waals surface area contributed by atoms with Crippen LogP contribution >= 0.6 is 23.5 Å². The number of carbonyl (C=O) groups excluding carboxylic acids is 4. The molecule has 9 nitrogen and oxygen atoms in total. The molecule has 31 heavy (non-hydrogen) atoms. The number of rotatable bonds is 9. The Morgan fingerprint density at radius 3 is 2.71 bits per heavy atom. The van der Waals surface area contributed by atoms with Crippen molar-refractivity contribution in [2.75, 3.05) is 45.6 Å². The van der Waals surface area contributed by atoms with E-state index in [0.29, 0.717) is 40.9 Å². The van der Waals surface area contributed by atoms with Gasteiger partial charge in [0, 0.05) is 25.4 Å². The highest BCUT2D eigenvalue weighted by molar-refractivity contribution is 8.18. The van der Waals surface area contributed by atoms with Crippen molar-refractivity contribution >= 4 is 51.9 Å². The quantitative estimate of drug-likeness (QED) is 0.555. The van der Waals surface area contributed by atoms with Crippen LogP contribution in [0.25, 0.3) is 6.08 Å². The van der Waals surface area contributed by atoms with E-state index < -0.39 is 11.1 Å². The lowest BCUT2D eigenvalue weighted by Gasteiger charge is -2.16. The molecule has 0 aromatic heterocycles. The highest BCUT2D eigenvalue weighted by Gasteiger charge is 2.34. The first-order valence-electron chi connectivity index (χ1n) is 9.67. The van der Waals surface area contributed by atoms with Gasteiger partial charge in [0.25, 0.3) is 16.4 Å². The molecule has 1 N–H and O–H groups in total. The van der Waals surface area contributed by atoms with Crippen LogP contribution in [0.5, 0.6) is 11.5 Å². The number of methoxy groups -OCH3 is 1. The van der Waals surface area contributed by atoms with E-state index >= 15 is 0 Å². The number of ether oxygens (including phenoxy) is 2. The van der Waals surface area contributed by atoms with Crippen LogP contribution in [-0.4, -0.2) is 77.7 Å². The number of hydrogen-bond donors (Lipinski definition) is 1. The molecule has 1 aromatic rings. The number of nitrogens with one attached hydrogen (secondary N) is 1. The lowest BCUT2D eigenvalue weighted by Crippen LogP contribution is -2.41. The first-order valence-corrected chi connectivity index (χ1v) is 11.5. The summed E-state index contributed by atoms with van der Waals surface area (Å²) < 4.78 is 10.8. The van der Waals surface area contributed by atoms with Gasteiger partial charge in [0.05, 0.1) is 18.6 Å². The maximum atomic E-state index is 12.6. The minimum absolute atomic E-state index is 0.0206. The van der Waals surface area contributed by atoms with Gasteiger partial charge in [0.15, 0.2) is 11.5 Å². The molecule has 1 aromatic carbocycles. The van der Waals surface area contributed by atoms with Gasteiger partial charge in [-0.25, -0.2) is 0 Å². The summed E-state index contributed by atoms with van der Waals surface area (Å²) in [7, 11) is 1.53. The maximum absolute atomic E-state index is 12.6. The van der Waals surface area contributed by atoms with Crippen molar-refractivity contribution in [2.45, 2.75) is 6.92 Å². The Morgan fingerprint density at radius 2 is 2.03 bits per heavy atom. The fourth-order valence-corrected chi connectivity index (χ4v) is 4.69. The van der Waals surface area contributed by atoms with Crippen LogP contribution < -0.4 is 14.8 Å². The molecular weight excluding hydrogens is 442 g/mol. The molecule has 2 aliphatic heterocycles. The Hall–Kier alpha value is -2.66. The zero-order valence-electron chi connectivity index (χ0n) is 17.2. The van der Waals surface area contributed by atoms with E-state index in [0.717, 1.165) is 16.7 Å². The molecule has 0 bridgehead atoms. The summed E-state index contributed by atoms with van der Waals surface area (Å²) in [6.07, 6.45) is 1.62. The Kier molecular flexibility index (Phi) is 7.85. The van der Waals surface area contributed by atoms with Gasteiger partial charge < -0.3 is 19.7 Å². The topological polar surface area (TPSA) is 105 Å². The molecule has 3 rings (SSSR count). The van der Waals surface area contributed by atoms with Gasteiger partial charge in [0.1, 0.15) is 6.54 Å². The van der Waals surface area contributed by atoms with E-state index in [1.54, 1.807) is 24.3 Å². The molecule has 2 aliphatic rings. The van der Waals surface area contributed by atoms with Crippen molar-refractivity contribution in [1.82, 2.24) is 15.1 Å². The third-order valence-electron chi connectivity index (χ3n) is 4.50. The number of nitrogens with zero attached hydrogens (tertiary/aromatic N) is 2. The van der Waals surface area contributed by atoms with Crippen LogP contribution in [-0.2, 0) is 9.59 Å². The van der Waals surface area contributed by atoms with Crippen molar-refractivity contribution in [3.05, 3.63) is 28.7 Å². The summed E-state index contributed by atoms with van der Waals surface area (Å²) in [5.41, 5.74) is 0.701. The van der Waals surface area contributed by atoms with Crippen LogP contribution in [0, 0.1) is 0 Å². The Morgan fingerprint density at radius 1 is 1.23 bits per heavy atom. The van der Waals surface area contributed by atoms with Crippen molar-refractivity contribution in [1.29, 1.82) is 0 Å². The van der Waals surface area contributed by atoms with Gasteiger partial charge in [-0.15, -0.1) is 0 Å². The van der Waals surface area contributed by atoms with Gasteiger partial charge in [-0.05, 0) is 42.5 Å². The summed E-state index contributed by atoms with van der Waals surface area (Å²) in [5, 5.41) is 2.14. The average molecular weight is 466 g/mol. The summed E-state index contributed by atoms with van der Waals surface area (Å²) in [6.45, 7) is 3.07. The normalized spacial score (nSPS) is 17.6. The molecule has 2 saturated heterocycles. The van der Waals surface area contributed by atoms with Crippen molar-refractivity contribution in [2.24, 2.45) is 0 Å². The maximum Gasteiger partial charge on any atom is 0.293 e. The molecule has 0 spiro atoms. The second-order valence-corrected chi connectivity index (χ2v) is 8.60. The molecule has 0 unspecified atom stereocenters. The molecule has 0 saturated carbocycles. The van der Waals surface area contributed by atoms with E-state index in [1.807, 2.05) is 6.92 Å². The number of hydrogen-bond acceptors (Lipinski definition) is 8. The van der Waals surface area contributed by atoms with Gasteiger partial charge in [-0.2, -0.15) is 0 Å². The van der Waals surface area contributed by atoms with Crippen LogP contribution in [0.4, 0.5) is 9.59 Å². The minimum atomic E-state index is -0.414. The highest BCUT2D eigenvalue weighted by atomic mass is 32.2. The predicted molar refractivity (Wildman–Crippen MR) is 119 cm³/mol. The van der Waals surface area contributed by atoms with Crippen molar-refractivity contribution in [3.63, 3.8) is 0 Å². The number of imide groups is 1. The fourth-order valence-electron chi connectivity index (χ4n) is 3.00. The van der Waals surface area contributed by atoms with Crippen LogP contribution in [0.15, 0.2) is 23.1 Å². The molecule has 0 atom stereocenters. The highest BCUT2D eigenvalue weighted by Crippen LogP contribution is 2.34. The zero-order valence-corrected chi connectivity index (χ0v) is 18.8. The molecule has 166 valence electrons. The van der Waals surface area contributed by atoms with Crippen LogP contribution in [0.2, 0.25) is 0 Å². The van der Waals surface area contributed by atoms with Crippen molar-refractivity contribution in [3.8, 4) is 11.5 Å². The van der Waals surface area contributed by atoms with Gasteiger partial charge in [-0.3, -0.25) is 24.1 Å². The first-order chi connectivity index (χ1) is 14.9. The lowest BCUT2D eigenvalue weighted by atomic mass is 10.2. The molecule has 11 heteroatoms. The Bertz CT molecular complexity index is 920. The van der Waals surface area contributed by atoms with E-state index in [9.17, 15) is 19.2 Å². The van der Waals surface area contributed by atoms with E-state index in [-0.39, 0.29) is 30.8 Å². The Balaban J connectivity index is 1.56. The first kappa shape index (κ1) is 23.0.